The standard InChI is InChI=1S/C22H23N3OS/c1-15-8-6-9-16(2)21(15)26-12-7-13-27-22-24-23-20-14-17(3)18-10-4-5-11-19(18)25(20)22/h4-6,8-11,14H,7,12-13H2,1-3H3. The molecule has 0 aliphatic carbocycles. The summed E-state index contributed by atoms with van der Waals surface area (Å²) in [5, 5.41) is 10.9. The lowest BCUT2D eigenvalue weighted by Crippen LogP contribution is -2.02. The molecule has 138 valence electrons. The van der Waals surface area contributed by atoms with Crippen molar-refractivity contribution >= 4 is 28.3 Å². The number of thioether (sulfide) groups is 1. The largest absolute Gasteiger partial charge is 0.493 e. The van der Waals surface area contributed by atoms with Crippen LogP contribution < -0.4 is 4.74 Å². The van der Waals surface area contributed by atoms with E-state index in [4.69, 9.17) is 4.74 Å². The Morgan fingerprint density at radius 1 is 0.926 bits per heavy atom. The summed E-state index contributed by atoms with van der Waals surface area (Å²) in [7, 11) is 0. The van der Waals surface area contributed by atoms with Gasteiger partial charge in [-0.2, -0.15) is 0 Å². The first-order chi connectivity index (χ1) is 13.1. The van der Waals surface area contributed by atoms with Crippen LogP contribution in [0.3, 0.4) is 0 Å². The van der Waals surface area contributed by atoms with E-state index < -0.39 is 0 Å². The minimum absolute atomic E-state index is 0.704. The molecule has 4 nitrogen and oxygen atoms in total. The maximum Gasteiger partial charge on any atom is 0.196 e. The zero-order valence-corrected chi connectivity index (χ0v) is 16.7. The van der Waals surface area contributed by atoms with Crippen LogP contribution in [0.1, 0.15) is 23.1 Å². The van der Waals surface area contributed by atoms with Gasteiger partial charge in [-0.25, -0.2) is 0 Å². The number of benzene rings is 2. The van der Waals surface area contributed by atoms with Gasteiger partial charge in [0.15, 0.2) is 10.8 Å². The highest BCUT2D eigenvalue weighted by Gasteiger charge is 2.11. The topological polar surface area (TPSA) is 39.4 Å². The molecule has 0 spiro atoms. The maximum atomic E-state index is 6.00. The lowest BCUT2D eigenvalue weighted by molar-refractivity contribution is 0.314. The van der Waals surface area contributed by atoms with E-state index >= 15 is 0 Å². The van der Waals surface area contributed by atoms with Crippen LogP contribution in [0.15, 0.2) is 53.7 Å². The molecule has 0 bridgehead atoms. The van der Waals surface area contributed by atoms with Gasteiger partial charge in [0.05, 0.1) is 12.1 Å². The van der Waals surface area contributed by atoms with E-state index in [0.29, 0.717) is 6.61 Å². The number of nitrogens with zero attached hydrogens (tertiary/aromatic N) is 3. The number of fused-ring (bicyclic) bond motifs is 3. The minimum Gasteiger partial charge on any atom is -0.493 e. The lowest BCUT2D eigenvalue weighted by atomic mass is 10.1. The van der Waals surface area contributed by atoms with E-state index in [1.165, 1.54) is 22.1 Å². The average molecular weight is 378 g/mol. The van der Waals surface area contributed by atoms with E-state index in [0.717, 1.165) is 34.2 Å². The monoisotopic (exact) mass is 377 g/mol. The van der Waals surface area contributed by atoms with Gasteiger partial charge >= 0.3 is 0 Å². The Morgan fingerprint density at radius 3 is 2.52 bits per heavy atom. The zero-order valence-electron chi connectivity index (χ0n) is 15.9. The number of para-hydroxylation sites is 2. The molecule has 2 heterocycles. The number of pyridine rings is 1. The van der Waals surface area contributed by atoms with Crippen molar-refractivity contribution in [1.82, 2.24) is 14.6 Å². The molecule has 0 fully saturated rings. The van der Waals surface area contributed by atoms with Crippen LogP contribution in [-0.2, 0) is 0 Å². The molecule has 0 amide bonds. The Kier molecular flexibility index (Phi) is 5.03. The summed E-state index contributed by atoms with van der Waals surface area (Å²) in [4.78, 5) is 0. The molecule has 5 heteroatoms. The minimum atomic E-state index is 0.704. The number of hydrogen-bond acceptors (Lipinski definition) is 4. The second kappa shape index (κ2) is 7.61. The molecule has 27 heavy (non-hydrogen) atoms. The molecular formula is C22H23N3OS. The maximum absolute atomic E-state index is 6.00. The summed E-state index contributed by atoms with van der Waals surface area (Å²) < 4.78 is 8.16. The molecule has 0 aliphatic rings. The molecule has 0 saturated heterocycles. The Labute approximate surface area is 163 Å². The summed E-state index contributed by atoms with van der Waals surface area (Å²) in [6.45, 7) is 7.00. The summed E-state index contributed by atoms with van der Waals surface area (Å²) >= 11 is 1.73. The molecular weight excluding hydrogens is 354 g/mol. The molecule has 2 aromatic heterocycles. The third-order valence-electron chi connectivity index (χ3n) is 4.75. The molecule has 0 atom stereocenters. The zero-order chi connectivity index (χ0) is 18.8. The fourth-order valence-corrected chi connectivity index (χ4v) is 4.26. The third kappa shape index (κ3) is 3.52. The van der Waals surface area contributed by atoms with Crippen molar-refractivity contribution in [3.63, 3.8) is 0 Å². The molecule has 4 aromatic rings. The molecule has 0 aliphatic heterocycles. The van der Waals surface area contributed by atoms with Gasteiger partial charge in [-0.15, -0.1) is 10.2 Å². The SMILES string of the molecule is Cc1cccc(C)c1OCCCSc1nnc2cc(C)c3ccccc3n12. The van der Waals surface area contributed by atoms with Crippen molar-refractivity contribution in [2.75, 3.05) is 12.4 Å². The van der Waals surface area contributed by atoms with Crippen LogP contribution >= 0.6 is 11.8 Å². The second-order valence-electron chi connectivity index (χ2n) is 6.79. The number of rotatable bonds is 6. The second-order valence-corrected chi connectivity index (χ2v) is 7.85. The highest BCUT2D eigenvalue weighted by Crippen LogP contribution is 2.26. The predicted molar refractivity (Wildman–Crippen MR) is 112 cm³/mol. The third-order valence-corrected chi connectivity index (χ3v) is 5.76. The Balaban J connectivity index is 1.45. The van der Waals surface area contributed by atoms with Gasteiger partial charge in [-0.05, 0) is 56.0 Å². The van der Waals surface area contributed by atoms with Crippen LogP contribution in [0.5, 0.6) is 5.75 Å². The van der Waals surface area contributed by atoms with Gasteiger partial charge in [-0.1, -0.05) is 48.2 Å². The summed E-state index contributed by atoms with van der Waals surface area (Å²) in [5.74, 6) is 1.95. The van der Waals surface area contributed by atoms with E-state index in [9.17, 15) is 0 Å². The molecule has 0 saturated carbocycles. The summed E-state index contributed by atoms with van der Waals surface area (Å²) in [5.41, 5.74) is 5.66. The van der Waals surface area contributed by atoms with Gasteiger partial charge in [0.1, 0.15) is 5.75 Å². The van der Waals surface area contributed by atoms with Gasteiger partial charge in [0, 0.05) is 11.1 Å². The average Bonchev–Trinajstić information content (AvgIpc) is 3.07. The van der Waals surface area contributed by atoms with E-state index in [2.05, 4.69) is 83.9 Å². The highest BCUT2D eigenvalue weighted by atomic mass is 32.2. The number of aryl methyl sites for hydroxylation is 3. The van der Waals surface area contributed by atoms with Crippen molar-refractivity contribution < 1.29 is 4.74 Å². The number of hydrogen-bond donors (Lipinski definition) is 0. The molecule has 0 N–H and O–H groups in total. The van der Waals surface area contributed by atoms with Gasteiger partial charge in [-0.3, -0.25) is 4.40 Å². The van der Waals surface area contributed by atoms with Crippen LogP contribution in [0.2, 0.25) is 0 Å². The first-order valence-electron chi connectivity index (χ1n) is 9.20. The van der Waals surface area contributed by atoms with Crippen LogP contribution in [0.4, 0.5) is 0 Å². The fourth-order valence-electron chi connectivity index (χ4n) is 3.39. The first kappa shape index (κ1) is 17.9. The lowest BCUT2D eigenvalue weighted by Gasteiger charge is -2.11. The fraction of sp³-hybridized carbons (Fsp3) is 0.273. The van der Waals surface area contributed by atoms with Gasteiger partial charge in [0.25, 0.3) is 0 Å². The van der Waals surface area contributed by atoms with Crippen molar-refractivity contribution in [1.29, 1.82) is 0 Å². The van der Waals surface area contributed by atoms with Crippen molar-refractivity contribution in [3.8, 4) is 5.75 Å². The van der Waals surface area contributed by atoms with Crippen LogP contribution in [0, 0.1) is 20.8 Å². The highest BCUT2D eigenvalue weighted by molar-refractivity contribution is 7.99. The molecule has 0 unspecified atom stereocenters. The molecule has 4 rings (SSSR count). The van der Waals surface area contributed by atoms with E-state index in [-0.39, 0.29) is 0 Å². The molecule has 2 aromatic carbocycles. The Hall–Kier alpha value is -2.53. The van der Waals surface area contributed by atoms with Crippen LogP contribution in [-0.4, -0.2) is 27.0 Å². The van der Waals surface area contributed by atoms with E-state index in [1.54, 1.807) is 11.8 Å². The van der Waals surface area contributed by atoms with Gasteiger partial charge < -0.3 is 4.74 Å². The molecule has 0 radical (unpaired) electrons. The normalized spacial score (nSPS) is 11.4. The van der Waals surface area contributed by atoms with Crippen molar-refractivity contribution in [2.24, 2.45) is 0 Å². The Bertz CT molecular complexity index is 1080. The van der Waals surface area contributed by atoms with Crippen molar-refractivity contribution in [2.45, 2.75) is 32.3 Å². The summed E-state index contributed by atoms with van der Waals surface area (Å²) in [6.07, 6.45) is 0.956. The first-order valence-corrected chi connectivity index (χ1v) is 10.2. The van der Waals surface area contributed by atoms with E-state index in [1.807, 2.05) is 0 Å². The number of ether oxygens (including phenoxy) is 1. The van der Waals surface area contributed by atoms with Crippen molar-refractivity contribution in [3.05, 3.63) is 65.2 Å². The van der Waals surface area contributed by atoms with Crippen LogP contribution in [0.25, 0.3) is 16.6 Å². The smallest absolute Gasteiger partial charge is 0.196 e. The quantitative estimate of drug-likeness (QED) is 0.334. The Morgan fingerprint density at radius 2 is 1.70 bits per heavy atom. The predicted octanol–water partition coefficient (Wildman–Crippen LogP) is 5.37. The van der Waals surface area contributed by atoms with Gasteiger partial charge in [0.2, 0.25) is 0 Å². The number of aromatic nitrogens is 3. The summed E-state index contributed by atoms with van der Waals surface area (Å²) in [6, 6.07) is 16.8.